The van der Waals surface area contributed by atoms with Crippen molar-refractivity contribution in [3.8, 4) is 11.5 Å². The molecule has 3 amide bonds. The van der Waals surface area contributed by atoms with E-state index < -0.39 is 15.9 Å². The third-order valence-corrected chi connectivity index (χ3v) is 8.10. The van der Waals surface area contributed by atoms with E-state index in [1.54, 1.807) is 28.0 Å². The fourth-order valence-electron chi connectivity index (χ4n) is 4.42. The summed E-state index contributed by atoms with van der Waals surface area (Å²) in [4.78, 5) is 41.7. The van der Waals surface area contributed by atoms with Gasteiger partial charge < -0.3 is 19.3 Å². The number of carbonyl (C=O) groups is 3. The highest BCUT2D eigenvalue weighted by Gasteiger charge is 2.38. The third-order valence-electron chi connectivity index (χ3n) is 6.35. The molecule has 1 aromatic carbocycles. The number of sulfone groups is 1. The van der Waals surface area contributed by atoms with Gasteiger partial charge in [-0.25, -0.2) is 13.4 Å². The van der Waals surface area contributed by atoms with Crippen LogP contribution >= 0.6 is 0 Å². The maximum atomic E-state index is 13.1. The molecule has 11 nitrogen and oxygen atoms in total. The molecule has 0 saturated carbocycles. The molecule has 12 heteroatoms. The summed E-state index contributed by atoms with van der Waals surface area (Å²) in [6.45, 7) is 1.34. The lowest BCUT2D eigenvalue weighted by Crippen LogP contribution is -2.53. The minimum absolute atomic E-state index is 0.0230. The molecule has 1 atom stereocenters. The SMILES string of the molecule is COc1ccc(C(=O)N2CCN(C(=O)C3=NN(C4CCS(=O)(=O)C4)C(=O)CC3)CC2)c(OC)c1. The zero-order chi connectivity index (χ0) is 24.5. The lowest BCUT2D eigenvalue weighted by atomic mass is 10.1. The van der Waals surface area contributed by atoms with Gasteiger partial charge in [0.25, 0.3) is 11.8 Å². The Morgan fingerprint density at radius 1 is 1.00 bits per heavy atom. The van der Waals surface area contributed by atoms with Crippen molar-refractivity contribution in [2.45, 2.75) is 25.3 Å². The molecule has 2 saturated heterocycles. The molecule has 34 heavy (non-hydrogen) atoms. The highest BCUT2D eigenvalue weighted by molar-refractivity contribution is 7.91. The Hall–Kier alpha value is -3.15. The Morgan fingerprint density at radius 3 is 2.26 bits per heavy atom. The van der Waals surface area contributed by atoms with E-state index in [0.717, 1.165) is 0 Å². The van der Waals surface area contributed by atoms with Crippen molar-refractivity contribution >= 4 is 33.3 Å². The van der Waals surface area contributed by atoms with Crippen LogP contribution in [-0.2, 0) is 19.4 Å². The van der Waals surface area contributed by atoms with E-state index in [1.807, 2.05) is 0 Å². The maximum Gasteiger partial charge on any atom is 0.270 e. The molecular weight excluding hydrogens is 464 g/mol. The predicted octanol–water partition coefficient (Wildman–Crippen LogP) is 0.154. The van der Waals surface area contributed by atoms with Crippen LogP contribution in [0.4, 0.5) is 0 Å². The van der Waals surface area contributed by atoms with Gasteiger partial charge in [-0.2, -0.15) is 5.10 Å². The summed E-state index contributed by atoms with van der Waals surface area (Å²) in [5.41, 5.74) is 0.668. The van der Waals surface area contributed by atoms with Crippen LogP contribution in [0, 0.1) is 0 Å². The second kappa shape index (κ2) is 9.61. The van der Waals surface area contributed by atoms with Gasteiger partial charge >= 0.3 is 0 Å². The second-order valence-electron chi connectivity index (χ2n) is 8.49. The molecule has 0 N–H and O–H groups in total. The minimum atomic E-state index is -3.18. The van der Waals surface area contributed by atoms with Crippen molar-refractivity contribution < 1.29 is 32.3 Å². The summed E-state index contributed by atoms with van der Waals surface area (Å²) in [7, 11) is -0.161. The van der Waals surface area contributed by atoms with Crippen LogP contribution in [0.15, 0.2) is 23.3 Å². The zero-order valence-corrected chi connectivity index (χ0v) is 20.0. The van der Waals surface area contributed by atoms with Crippen molar-refractivity contribution in [3.05, 3.63) is 23.8 Å². The van der Waals surface area contributed by atoms with Crippen LogP contribution in [-0.4, -0.2) is 105 Å². The molecule has 2 fully saturated rings. The van der Waals surface area contributed by atoms with E-state index in [1.165, 1.54) is 19.2 Å². The molecule has 1 unspecified atom stereocenters. The maximum absolute atomic E-state index is 13.1. The number of ether oxygens (including phenoxy) is 2. The van der Waals surface area contributed by atoms with Gasteiger partial charge in [0.15, 0.2) is 9.84 Å². The first-order chi connectivity index (χ1) is 16.2. The lowest BCUT2D eigenvalue weighted by molar-refractivity contribution is -0.134. The van der Waals surface area contributed by atoms with Gasteiger partial charge in [0.05, 0.1) is 37.3 Å². The third kappa shape index (κ3) is 4.86. The largest absolute Gasteiger partial charge is 0.497 e. The van der Waals surface area contributed by atoms with Gasteiger partial charge in [0.1, 0.15) is 17.2 Å². The summed E-state index contributed by atoms with van der Waals surface area (Å²) in [6.07, 6.45) is 0.668. The van der Waals surface area contributed by atoms with E-state index in [-0.39, 0.29) is 47.8 Å². The topological polar surface area (TPSA) is 126 Å². The molecule has 0 bridgehead atoms. The van der Waals surface area contributed by atoms with E-state index in [9.17, 15) is 22.8 Å². The smallest absolute Gasteiger partial charge is 0.270 e. The highest BCUT2D eigenvalue weighted by atomic mass is 32.2. The quantitative estimate of drug-likeness (QED) is 0.573. The normalized spacial score (nSPS) is 22.4. The Balaban J connectivity index is 1.40. The van der Waals surface area contributed by atoms with E-state index in [2.05, 4.69) is 5.10 Å². The fourth-order valence-corrected chi connectivity index (χ4v) is 6.11. The summed E-state index contributed by atoms with van der Waals surface area (Å²) >= 11 is 0. The lowest BCUT2D eigenvalue weighted by Gasteiger charge is -2.36. The van der Waals surface area contributed by atoms with Gasteiger partial charge in [-0.3, -0.25) is 14.4 Å². The van der Waals surface area contributed by atoms with Crippen molar-refractivity contribution in [3.63, 3.8) is 0 Å². The summed E-state index contributed by atoms with van der Waals surface area (Å²) in [6, 6.07) is 4.48. The highest BCUT2D eigenvalue weighted by Crippen LogP contribution is 2.26. The van der Waals surface area contributed by atoms with Crippen molar-refractivity contribution in [1.29, 1.82) is 0 Å². The molecule has 184 valence electrons. The number of rotatable bonds is 5. The number of hydrogen-bond donors (Lipinski definition) is 0. The molecule has 4 rings (SSSR count). The molecule has 1 aromatic rings. The van der Waals surface area contributed by atoms with Crippen LogP contribution in [0.2, 0.25) is 0 Å². The number of carbonyl (C=O) groups excluding carboxylic acids is 3. The predicted molar refractivity (Wildman–Crippen MR) is 123 cm³/mol. The van der Waals surface area contributed by atoms with Gasteiger partial charge in [0, 0.05) is 45.1 Å². The van der Waals surface area contributed by atoms with E-state index >= 15 is 0 Å². The molecule has 0 aliphatic carbocycles. The first kappa shape index (κ1) is 24.0. The van der Waals surface area contributed by atoms with Crippen molar-refractivity contribution in [2.75, 3.05) is 51.9 Å². The van der Waals surface area contributed by atoms with Crippen LogP contribution < -0.4 is 9.47 Å². The average molecular weight is 493 g/mol. The van der Waals surface area contributed by atoms with E-state index in [4.69, 9.17) is 9.47 Å². The number of nitrogens with zero attached hydrogens (tertiary/aromatic N) is 4. The second-order valence-corrected chi connectivity index (χ2v) is 10.7. The minimum Gasteiger partial charge on any atom is -0.497 e. The number of methoxy groups -OCH3 is 2. The zero-order valence-electron chi connectivity index (χ0n) is 19.2. The number of hydrazone groups is 1. The van der Waals surface area contributed by atoms with Crippen LogP contribution in [0.1, 0.15) is 29.6 Å². The first-order valence-corrected chi connectivity index (χ1v) is 12.9. The number of benzene rings is 1. The van der Waals surface area contributed by atoms with Gasteiger partial charge in [-0.1, -0.05) is 0 Å². The Bertz CT molecular complexity index is 1130. The summed E-state index contributed by atoms with van der Waals surface area (Å²) in [5, 5.41) is 5.45. The van der Waals surface area contributed by atoms with Gasteiger partial charge in [-0.15, -0.1) is 0 Å². The molecular formula is C22H28N4O7S. The monoisotopic (exact) mass is 492 g/mol. The Labute approximate surface area is 198 Å². The first-order valence-electron chi connectivity index (χ1n) is 11.1. The summed E-state index contributed by atoms with van der Waals surface area (Å²) in [5.74, 6) is 0.155. The van der Waals surface area contributed by atoms with Crippen LogP contribution in [0.3, 0.4) is 0 Å². The molecule has 0 radical (unpaired) electrons. The molecule has 3 aliphatic heterocycles. The Kier molecular flexibility index (Phi) is 6.78. The van der Waals surface area contributed by atoms with E-state index in [0.29, 0.717) is 49.7 Å². The Morgan fingerprint density at radius 2 is 1.68 bits per heavy atom. The average Bonchev–Trinajstić information content (AvgIpc) is 3.22. The molecule has 0 spiro atoms. The van der Waals surface area contributed by atoms with Crippen LogP contribution in [0.5, 0.6) is 11.5 Å². The standard InChI is InChI=1S/C22H28N4O7S/c1-32-16-3-4-17(19(13-16)33-2)21(28)24-8-10-25(11-9-24)22(29)18-5-6-20(27)26(23-18)15-7-12-34(30,31)14-15/h3-4,13,15H,5-12,14H2,1-2H3. The molecule has 3 heterocycles. The van der Waals surface area contributed by atoms with Crippen molar-refractivity contribution in [1.82, 2.24) is 14.8 Å². The molecule has 0 aromatic heterocycles. The van der Waals surface area contributed by atoms with Gasteiger partial charge in [0.2, 0.25) is 5.91 Å². The van der Waals surface area contributed by atoms with Crippen LogP contribution in [0.25, 0.3) is 0 Å². The number of hydrogen-bond acceptors (Lipinski definition) is 8. The fraction of sp³-hybridized carbons (Fsp3) is 0.545. The molecule has 3 aliphatic rings. The van der Waals surface area contributed by atoms with Gasteiger partial charge in [-0.05, 0) is 18.6 Å². The number of amides is 3. The summed E-state index contributed by atoms with van der Waals surface area (Å²) < 4.78 is 34.1. The van der Waals surface area contributed by atoms with Crippen molar-refractivity contribution in [2.24, 2.45) is 5.10 Å². The number of piperazine rings is 1.